The molecule has 1 amide bonds. The van der Waals surface area contributed by atoms with Gasteiger partial charge in [0.05, 0.1) is 17.2 Å². The van der Waals surface area contributed by atoms with Crippen molar-refractivity contribution in [1.82, 2.24) is 9.88 Å². The monoisotopic (exact) mass is 332 g/mol. The maximum atomic E-state index is 12.8. The van der Waals surface area contributed by atoms with Gasteiger partial charge >= 0.3 is 0 Å². The zero-order chi connectivity index (χ0) is 16.4. The van der Waals surface area contributed by atoms with Crippen LogP contribution >= 0.6 is 11.6 Å². The van der Waals surface area contributed by atoms with Crippen molar-refractivity contribution < 1.29 is 9.90 Å². The number of aliphatic hydroxyl groups is 1. The van der Waals surface area contributed by atoms with Crippen molar-refractivity contribution in [2.24, 2.45) is 5.92 Å². The van der Waals surface area contributed by atoms with Crippen LogP contribution in [0.25, 0.3) is 10.9 Å². The molecule has 1 aliphatic carbocycles. The molecule has 2 unspecified atom stereocenters. The number of pyridine rings is 1. The Morgan fingerprint density at radius 1 is 1.39 bits per heavy atom. The van der Waals surface area contributed by atoms with E-state index in [1.165, 1.54) is 0 Å². The van der Waals surface area contributed by atoms with Gasteiger partial charge in [0.25, 0.3) is 5.91 Å². The molecule has 1 fully saturated rings. The summed E-state index contributed by atoms with van der Waals surface area (Å²) in [6.45, 7) is 0.556. The number of carbonyl (C=O) groups excluding carboxylic acids is 1. The van der Waals surface area contributed by atoms with E-state index in [1.54, 1.807) is 24.2 Å². The Labute approximate surface area is 141 Å². The van der Waals surface area contributed by atoms with E-state index in [-0.39, 0.29) is 17.9 Å². The molecule has 2 aromatic rings. The van der Waals surface area contributed by atoms with Crippen LogP contribution in [-0.4, -0.2) is 40.6 Å². The number of hydrogen-bond donors (Lipinski definition) is 1. The second kappa shape index (κ2) is 6.85. The average Bonchev–Trinajstić information content (AvgIpc) is 2.55. The van der Waals surface area contributed by atoms with E-state index in [2.05, 4.69) is 4.98 Å². The molecule has 0 aliphatic heterocycles. The lowest BCUT2D eigenvalue weighted by Crippen LogP contribution is -2.38. The molecule has 0 saturated heterocycles. The van der Waals surface area contributed by atoms with Gasteiger partial charge in [-0.2, -0.15) is 0 Å². The smallest absolute Gasteiger partial charge is 0.255 e. The van der Waals surface area contributed by atoms with Gasteiger partial charge in [0.15, 0.2) is 0 Å². The molecule has 1 aromatic carbocycles. The summed E-state index contributed by atoms with van der Waals surface area (Å²) in [6, 6.07) is 7.21. The fourth-order valence-electron chi connectivity index (χ4n) is 3.36. The molecule has 122 valence electrons. The zero-order valence-electron chi connectivity index (χ0n) is 13.2. The Morgan fingerprint density at radius 3 is 2.96 bits per heavy atom. The van der Waals surface area contributed by atoms with Gasteiger partial charge in [0.2, 0.25) is 0 Å². The molecule has 0 radical (unpaired) electrons. The second-order valence-electron chi connectivity index (χ2n) is 6.33. The summed E-state index contributed by atoms with van der Waals surface area (Å²) in [4.78, 5) is 18.8. The molecular formula is C18H21ClN2O2. The van der Waals surface area contributed by atoms with Crippen molar-refractivity contribution in [3.63, 3.8) is 0 Å². The Bertz CT molecular complexity index is 719. The summed E-state index contributed by atoms with van der Waals surface area (Å²) >= 11 is 6.15. The van der Waals surface area contributed by atoms with Crippen molar-refractivity contribution in [2.45, 2.75) is 31.8 Å². The van der Waals surface area contributed by atoms with E-state index in [0.29, 0.717) is 22.6 Å². The number of hydrogen-bond acceptors (Lipinski definition) is 3. The van der Waals surface area contributed by atoms with E-state index in [0.717, 1.165) is 31.1 Å². The van der Waals surface area contributed by atoms with Gasteiger partial charge in [-0.15, -0.1) is 0 Å². The predicted octanol–water partition coefficient (Wildman–Crippen LogP) is 3.51. The van der Waals surface area contributed by atoms with Crippen LogP contribution in [0.2, 0.25) is 5.02 Å². The molecule has 23 heavy (non-hydrogen) atoms. The summed E-state index contributed by atoms with van der Waals surface area (Å²) in [5, 5.41) is 11.5. The number of amides is 1. The molecule has 0 bridgehead atoms. The molecule has 5 heteroatoms. The largest absolute Gasteiger partial charge is 0.393 e. The highest BCUT2D eigenvalue weighted by molar-refractivity contribution is 6.32. The molecule has 1 saturated carbocycles. The van der Waals surface area contributed by atoms with Gasteiger partial charge in [-0.1, -0.05) is 30.5 Å². The van der Waals surface area contributed by atoms with Crippen LogP contribution in [-0.2, 0) is 0 Å². The van der Waals surface area contributed by atoms with Crippen LogP contribution in [0.1, 0.15) is 36.0 Å². The Morgan fingerprint density at radius 2 is 2.17 bits per heavy atom. The Hall–Kier alpha value is -1.65. The molecule has 4 nitrogen and oxygen atoms in total. The third kappa shape index (κ3) is 3.48. The van der Waals surface area contributed by atoms with Crippen molar-refractivity contribution in [1.29, 1.82) is 0 Å². The molecular weight excluding hydrogens is 312 g/mol. The van der Waals surface area contributed by atoms with Crippen molar-refractivity contribution in [3.05, 3.63) is 41.0 Å². The van der Waals surface area contributed by atoms with Gasteiger partial charge < -0.3 is 10.0 Å². The highest BCUT2D eigenvalue weighted by Gasteiger charge is 2.26. The van der Waals surface area contributed by atoms with Crippen LogP contribution in [0.15, 0.2) is 30.5 Å². The number of fused-ring (bicyclic) bond motifs is 1. The minimum Gasteiger partial charge on any atom is -0.393 e. The lowest BCUT2D eigenvalue weighted by Gasteiger charge is -2.31. The van der Waals surface area contributed by atoms with Crippen molar-refractivity contribution in [2.75, 3.05) is 13.6 Å². The molecule has 0 spiro atoms. The minimum atomic E-state index is -0.312. The molecule has 1 aromatic heterocycles. The Kier molecular flexibility index (Phi) is 4.83. The predicted molar refractivity (Wildman–Crippen MR) is 91.7 cm³/mol. The van der Waals surface area contributed by atoms with Crippen LogP contribution in [0.5, 0.6) is 0 Å². The van der Waals surface area contributed by atoms with Gasteiger partial charge in [0.1, 0.15) is 0 Å². The average molecular weight is 333 g/mol. The highest BCUT2D eigenvalue weighted by Crippen LogP contribution is 2.27. The number of aliphatic hydroxyl groups excluding tert-OH is 1. The van der Waals surface area contributed by atoms with Crippen LogP contribution < -0.4 is 0 Å². The van der Waals surface area contributed by atoms with E-state index >= 15 is 0 Å². The van der Waals surface area contributed by atoms with Gasteiger partial charge in [0, 0.05) is 36.1 Å². The van der Waals surface area contributed by atoms with Gasteiger partial charge in [-0.05, 0) is 31.0 Å². The first kappa shape index (κ1) is 16.2. The Balaban J connectivity index is 1.85. The molecule has 1 aliphatic rings. The molecule has 3 rings (SSSR count). The standard InChI is InChI=1S/C18H21ClN2O2/c1-21(11-13-5-2-3-7-16(13)22)18(23)15-10-14(19)9-12-6-4-8-20-17(12)15/h4,6,8-10,13,16,22H,2-3,5,7,11H2,1H3. The first-order chi connectivity index (χ1) is 11.1. The number of rotatable bonds is 3. The fraction of sp³-hybridized carbons (Fsp3) is 0.444. The third-order valence-electron chi connectivity index (χ3n) is 4.62. The van der Waals surface area contributed by atoms with Crippen molar-refractivity contribution >= 4 is 28.4 Å². The normalized spacial score (nSPS) is 21.3. The van der Waals surface area contributed by atoms with E-state index in [9.17, 15) is 9.90 Å². The maximum absolute atomic E-state index is 12.8. The first-order valence-corrected chi connectivity index (χ1v) is 8.42. The zero-order valence-corrected chi connectivity index (χ0v) is 14.0. The number of aromatic nitrogens is 1. The number of nitrogens with zero attached hydrogens (tertiary/aromatic N) is 2. The quantitative estimate of drug-likeness (QED) is 0.935. The third-order valence-corrected chi connectivity index (χ3v) is 4.84. The van der Waals surface area contributed by atoms with Gasteiger partial charge in [-0.3, -0.25) is 9.78 Å². The number of carbonyl (C=O) groups is 1. The highest BCUT2D eigenvalue weighted by atomic mass is 35.5. The van der Waals surface area contributed by atoms with Crippen molar-refractivity contribution in [3.8, 4) is 0 Å². The van der Waals surface area contributed by atoms with E-state index in [4.69, 9.17) is 11.6 Å². The minimum absolute atomic E-state index is 0.103. The summed E-state index contributed by atoms with van der Waals surface area (Å²) in [5.74, 6) is 0.0464. The lowest BCUT2D eigenvalue weighted by atomic mass is 9.86. The summed E-state index contributed by atoms with van der Waals surface area (Å²) in [7, 11) is 1.78. The topological polar surface area (TPSA) is 53.4 Å². The molecule has 2 atom stereocenters. The van der Waals surface area contributed by atoms with E-state index < -0.39 is 0 Å². The lowest BCUT2D eigenvalue weighted by molar-refractivity contribution is 0.0452. The summed E-state index contributed by atoms with van der Waals surface area (Å²) in [5.41, 5.74) is 1.18. The summed E-state index contributed by atoms with van der Waals surface area (Å²) in [6.07, 6.45) is 5.34. The van der Waals surface area contributed by atoms with Crippen LogP contribution in [0.4, 0.5) is 0 Å². The van der Waals surface area contributed by atoms with Crippen LogP contribution in [0.3, 0.4) is 0 Å². The molecule has 1 heterocycles. The van der Waals surface area contributed by atoms with Gasteiger partial charge in [-0.25, -0.2) is 0 Å². The summed E-state index contributed by atoms with van der Waals surface area (Å²) < 4.78 is 0. The van der Waals surface area contributed by atoms with E-state index in [1.807, 2.05) is 18.2 Å². The fourth-order valence-corrected chi connectivity index (χ4v) is 3.59. The number of halogens is 1. The maximum Gasteiger partial charge on any atom is 0.255 e. The second-order valence-corrected chi connectivity index (χ2v) is 6.76. The van der Waals surface area contributed by atoms with Crippen LogP contribution in [0, 0.1) is 5.92 Å². The number of benzene rings is 1. The first-order valence-electron chi connectivity index (χ1n) is 8.04. The molecule has 1 N–H and O–H groups in total. The SMILES string of the molecule is CN(CC1CCCCC1O)C(=O)c1cc(Cl)cc2cccnc12.